The molecule has 1 fully saturated rings. The summed E-state index contributed by atoms with van der Waals surface area (Å²) in [6.07, 6.45) is 4.09. The van der Waals surface area contributed by atoms with E-state index in [1.165, 1.54) is 0 Å². The molecule has 1 aliphatic rings. The van der Waals surface area contributed by atoms with Crippen molar-refractivity contribution in [1.82, 2.24) is 16.0 Å². The Kier molecular flexibility index (Phi) is 5.77. The topological polar surface area (TPSA) is 53.2 Å². The second kappa shape index (κ2) is 6.86. The van der Waals surface area contributed by atoms with E-state index in [0.29, 0.717) is 0 Å². The quantitative estimate of drug-likeness (QED) is 0.559. The fraction of sp³-hybridized carbons (Fsp3) is 0.917. The van der Waals surface area contributed by atoms with E-state index in [0.717, 1.165) is 51.9 Å². The number of nitrogens with one attached hydrogen (secondary N) is 3. The van der Waals surface area contributed by atoms with Crippen molar-refractivity contribution < 1.29 is 4.79 Å². The highest BCUT2D eigenvalue weighted by Crippen LogP contribution is 2.22. The summed E-state index contributed by atoms with van der Waals surface area (Å²) >= 11 is 0. The largest absolute Gasteiger partial charge is 0.353 e. The van der Waals surface area contributed by atoms with Crippen LogP contribution in [0.25, 0.3) is 0 Å². The summed E-state index contributed by atoms with van der Waals surface area (Å²) < 4.78 is 0. The van der Waals surface area contributed by atoms with E-state index in [9.17, 15) is 4.79 Å². The lowest BCUT2D eigenvalue weighted by molar-refractivity contribution is -0.127. The summed E-state index contributed by atoms with van der Waals surface area (Å²) in [7, 11) is 0. The van der Waals surface area contributed by atoms with Crippen LogP contribution in [-0.2, 0) is 4.79 Å². The Balaban J connectivity index is 2.22. The normalized spacial score (nSPS) is 24.6. The van der Waals surface area contributed by atoms with Crippen LogP contribution in [0.5, 0.6) is 0 Å². The Hall–Kier alpha value is -0.610. The molecule has 0 spiro atoms. The zero-order valence-electron chi connectivity index (χ0n) is 10.6. The van der Waals surface area contributed by atoms with Crippen LogP contribution in [0.1, 0.15) is 39.5 Å². The van der Waals surface area contributed by atoms with Gasteiger partial charge in [-0.3, -0.25) is 4.79 Å². The van der Waals surface area contributed by atoms with Crippen molar-refractivity contribution in [2.75, 3.05) is 26.2 Å². The molecule has 1 amide bonds. The van der Waals surface area contributed by atoms with Gasteiger partial charge in [-0.1, -0.05) is 13.8 Å². The van der Waals surface area contributed by atoms with Crippen molar-refractivity contribution in [3.63, 3.8) is 0 Å². The second-order valence-corrected chi connectivity index (χ2v) is 4.47. The molecule has 3 N–H and O–H groups in total. The molecule has 4 heteroatoms. The molecule has 4 nitrogen and oxygen atoms in total. The molecule has 1 atom stereocenters. The smallest absolute Gasteiger partial charge is 0.240 e. The van der Waals surface area contributed by atoms with E-state index in [4.69, 9.17) is 0 Å². The molecule has 1 aliphatic heterocycles. The number of hydrogen-bond donors (Lipinski definition) is 3. The standard InChI is InChI=1S/C12H25N3O/c1-3-7-13-9-10-14-11(16)12(4-2)6-5-8-15-12/h13,15H,3-10H2,1-2H3,(H,14,16). The molecule has 1 rings (SSSR count). The van der Waals surface area contributed by atoms with Gasteiger partial charge >= 0.3 is 0 Å². The minimum atomic E-state index is -0.287. The first-order chi connectivity index (χ1) is 7.75. The van der Waals surface area contributed by atoms with Crippen molar-refractivity contribution in [2.45, 2.75) is 45.1 Å². The van der Waals surface area contributed by atoms with Crippen LogP contribution in [0.4, 0.5) is 0 Å². The van der Waals surface area contributed by atoms with E-state index < -0.39 is 0 Å². The Morgan fingerprint density at radius 1 is 1.31 bits per heavy atom. The predicted molar refractivity (Wildman–Crippen MR) is 66.4 cm³/mol. The first-order valence-corrected chi connectivity index (χ1v) is 6.49. The minimum absolute atomic E-state index is 0.172. The number of carbonyl (C=O) groups excluding carboxylic acids is 1. The first kappa shape index (κ1) is 13.5. The summed E-state index contributed by atoms with van der Waals surface area (Å²) in [5.41, 5.74) is -0.287. The molecule has 0 aromatic carbocycles. The molecule has 94 valence electrons. The molecule has 1 unspecified atom stereocenters. The molecule has 16 heavy (non-hydrogen) atoms. The van der Waals surface area contributed by atoms with Gasteiger partial charge in [0.2, 0.25) is 5.91 Å². The maximum Gasteiger partial charge on any atom is 0.240 e. The highest BCUT2D eigenvalue weighted by molar-refractivity contribution is 5.86. The van der Waals surface area contributed by atoms with Gasteiger partial charge in [-0.05, 0) is 38.8 Å². The van der Waals surface area contributed by atoms with E-state index in [2.05, 4.69) is 29.8 Å². The fourth-order valence-electron chi connectivity index (χ4n) is 2.20. The van der Waals surface area contributed by atoms with Gasteiger partial charge in [-0.2, -0.15) is 0 Å². The summed E-state index contributed by atoms with van der Waals surface area (Å²) in [5.74, 6) is 0.172. The van der Waals surface area contributed by atoms with Gasteiger partial charge in [0, 0.05) is 13.1 Å². The zero-order valence-corrected chi connectivity index (χ0v) is 10.6. The van der Waals surface area contributed by atoms with Crippen LogP contribution in [0, 0.1) is 0 Å². The Morgan fingerprint density at radius 3 is 2.69 bits per heavy atom. The third-order valence-corrected chi connectivity index (χ3v) is 3.30. The number of hydrogen-bond acceptors (Lipinski definition) is 3. The minimum Gasteiger partial charge on any atom is -0.353 e. The van der Waals surface area contributed by atoms with E-state index >= 15 is 0 Å². The Bertz CT molecular complexity index is 212. The van der Waals surface area contributed by atoms with Gasteiger partial charge < -0.3 is 16.0 Å². The molecule has 0 aromatic rings. The van der Waals surface area contributed by atoms with Crippen molar-refractivity contribution in [1.29, 1.82) is 0 Å². The van der Waals surface area contributed by atoms with Gasteiger partial charge in [0.15, 0.2) is 0 Å². The molecular formula is C12H25N3O. The van der Waals surface area contributed by atoms with Crippen molar-refractivity contribution in [3.05, 3.63) is 0 Å². The van der Waals surface area contributed by atoms with E-state index in [-0.39, 0.29) is 11.4 Å². The fourth-order valence-corrected chi connectivity index (χ4v) is 2.20. The SMILES string of the molecule is CCCNCCNC(=O)C1(CC)CCCN1. The summed E-state index contributed by atoms with van der Waals surface area (Å²) in [6.45, 7) is 7.79. The first-order valence-electron chi connectivity index (χ1n) is 6.49. The molecule has 0 aliphatic carbocycles. The maximum absolute atomic E-state index is 12.0. The third kappa shape index (κ3) is 3.46. The molecular weight excluding hydrogens is 202 g/mol. The molecule has 1 heterocycles. The lowest BCUT2D eigenvalue weighted by atomic mass is 9.93. The van der Waals surface area contributed by atoms with Crippen LogP contribution in [0.3, 0.4) is 0 Å². The van der Waals surface area contributed by atoms with E-state index in [1.807, 2.05) is 0 Å². The average Bonchev–Trinajstić information content (AvgIpc) is 2.78. The lowest BCUT2D eigenvalue weighted by Gasteiger charge is -2.26. The van der Waals surface area contributed by atoms with Crippen LogP contribution in [0.15, 0.2) is 0 Å². The van der Waals surface area contributed by atoms with Gasteiger partial charge in [-0.15, -0.1) is 0 Å². The highest BCUT2D eigenvalue weighted by atomic mass is 16.2. The zero-order chi connectivity index (χ0) is 11.9. The van der Waals surface area contributed by atoms with Crippen LogP contribution in [-0.4, -0.2) is 37.6 Å². The van der Waals surface area contributed by atoms with Crippen LogP contribution >= 0.6 is 0 Å². The number of amides is 1. The predicted octanol–water partition coefficient (Wildman–Crippen LogP) is 0.634. The highest BCUT2D eigenvalue weighted by Gasteiger charge is 2.38. The van der Waals surface area contributed by atoms with Gasteiger partial charge in [0.25, 0.3) is 0 Å². The Labute approximate surface area is 98.6 Å². The molecule has 0 aromatic heterocycles. The van der Waals surface area contributed by atoms with Gasteiger partial charge in [0.05, 0.1) is 5.54 Å². The van der Waals surface area contributed by atoms with Crippen molar-refractivity contribution in [3.8, 4) is 0 Å². The summed E-state index contributed by atoms with van der Waals surface area (Å²) in [6, 6.07) is 0. The monoisotopic (exact) mass is 227 g/mol. The third-order valence-electron chi connectivity index (χ3n) is 3.30. The number of carbonyl (C=O) groups is 1. The summed E-state index contributed by atoms with van der Waals surface area (Å²) in [5, 5.41) is 9.63. The van der Waals surface area contributed by atoms with Gasteiger partial charge in [0.1, 0.15) is 0 Å². The maximum atomic E-state index is 12.0. The molecule has 0 radical (unpaired) electrons. The van der Waals surface area contributed by atoms with Gasteiger partial charge in [-0.25, -0.2) is 0 Å². The Morgan fingerprint density at radius 2 is 2.12 bits per heavy atom. The number of rotatable bonds is 7. The molecule has 0 saturated carbocycles. The van der Waals surface area contributed by atoms with Crippen molar-refractivity contribution in [2.24, 2.45) is 0 Å². The lowest BCUT2D eigenvalue weighted by Crippen LogP contribution is -2.54. The average molecular weight is 227 g/mol. The van der Waals surface area contributed by atoms with Crippen LogP contribution in [0.2, 0.25) is 0 Å². The molecule has 0 bridgehead atoms. The molecule has 1 saturated heterocycles. The van der Waals surface area contributed by atoms with Crippen molar-refractivity contribution >= 4 is 5.91 Å². The van der Waals surface area contributed by atoms with Crippen LogP contribution < -0.4 is 16.0 Å². The summed E-state index contributed by atoms with van der Waals surface area (Å²) in [4.78, 5) is 12.0. The van der Waals surface area contributed by atoms with E-state index in [1.54, 1.807) is 0 Å². The second-order valence-electron chi connectivity index (χ2n) is 4.47.